The summed E-state index contributed by atoms with van der Waals surface area (Å²) in [6.45, 7) is 15.2. The Hall–Kier alpha value is -8.46. The van der Waals surface area contributed by atoms with E-state index in [0.717, 1.165) is 21.2 Å². The summed E-state index contributed by atoms with van der Waals surface area (Å²) in [4.78, 5) is 19.7. The highest BCUT2D eigenvalue weighted by atomic mass is 79.9. The second kappa shape index (κ2) is 29.0. The number of aromatic nitrogens is 3. The minimum absolute atomic E-state index is 0. The molecule has 6 aliphatic rings. The number of methoxy groups -OCH3 is 3. The van der Waals surface area contributed by atoms with Crippen molar-refractivity contribution in [3.05, 3.63) is 275 Å². The molecule has 15 atom stereocenters. The molecular weight excluding hydrogens is 1430 g/mol. The molecule has 20 nitrogen and oxygen atoms in total. The molecule has 0 spiro atoms. The monoisotopic (exact) mass is 1500 g/mol. The van der Waals surface area contributed by atoms with Gasteiger partial charge in [0.25, 0.3) is 0 Å². The average Bonchev–Trinajstić information content (AvgIpc) is 1.51. The summed E-state index contributed by atoms with van der Waals surface area (Å²) < 4.78 is 37.3. The Morgan fingerprint density at radius 1 is 0.461 bits per heavy atom. The van der Waals surface area contributed by atoms with E-state index in [0.29, 0.717) is 52.7 Å². The first kappa shape index (κ1) is 74.7. The maximum Gasteiger partial charge on any atom is 0.224 e. The van der Waals surface area contributed by atoms with Crippen molar-refractivity contribution < 1.29 is 64.2 Å². The first-order chi connectivity index (χ1) is 48.2. The fourth-order valence-electron chi connectivity index (χ4n) is 17.0. The van der Waals surface area contributed by atoms with Crippen LogP contribution in [0.15, 0.2) is 186 Å². The molecule has 24 heteroatoms. The Kier molecular flexibility index (Phi) is 21.2. The first-order valence-corrected chi connectivity index (χ1v) is 34.0. The van der Waals surface area contributed by atoms with Crippen molar-refractivity contribution in [1.29, 1.82) is 0 Å². The van der Waals surface area contributed by atoms with Gasteiger partial charge in [-0.3, -0.25) is 0 Å². The van der Waals surface area contributed by atoms with E-state index in [1.807, 2.05) is 115 Å². The Morgan fingerprint density at radius 2 is 0.735 bits per heavy atom. The van der Waals surface area contributed by atoms with Gasteiger partial charge in [-0.25, -0.2) is 24.6 Å². The zero-order valence-electron chi connectivity index (χ0n) is 54.5. The number of benzene rings is 6. The van der Waals surface area contributed by atoms with Crippen molar-refractivity contribution in [2.75, 3.05) is 55.1 Å². The lowest BCUT2D eigenvalue weighted by Gasteiger charge is -2.41. The molecule has 0 unspecified atom stereocenters. The lowest BCUT2D eigenvalue weighted by Crippen LogP contribution is -2.52. The Labute approximate surface area is 615 Å². The SMILES string of the molecule is C.C.COc1nc(Cl)cc2c1[C@]1(O)[C@H](O)[C@H](CO)[C@@H](c3ccccc3)[C@]1(c1ccc(Br)cc1)O2.[C-]#[N+]c1ccc([C@@]23Oc4cc(Cl)nc(OC)c4[C@]2(O)[C@H](O)[C@H](CNC)[C@H]3c2ccccc2)cc1.[C-]#[N+]c1ccc([C@@]23Oc4cc(Cl)nc(OC)c4[C@]2(O)[C@H](O)[C@H](CNC)[C@H]3c2ccccc2)cc1. The summed E-state index contributed by atoms with van der Waals surface area (Å²) in [6.07, 6.45) is -3.84. The molecule has 15 rings (SSSR count). The van der Waals surface area contributed by atoms with Crippen LogP contribution in [0.3, 0.4) is 0 Å². The molecule has 9 N–H and O–H groups in total. The molecule has 3 aromatic heterocycles. The highest BCUT2D eigenvalue weighted by Crippen LogP contribution is 2.73. The van der Waals surface area contributed by atoms with Crippen molar-refractivity contribution in [2.45, 2.75) is 84.5 Å². The van der Waals surface area contributed by atoms with Gasteiger partial charge in [-0.1, -0.05) is 217 Å². The number of hydrogen-bond donors (Lipinski definition) is 9. The van der Waals surface area contributed by atoms with Crippen LogP contribution in [-0.4, -0.2) is 124 Å². The van der Waals surface area contributed by atoms with Gasteiger partial charge in [0.15, 0.2) is 45.0 Å². The Morgan fingerprint density at radius 3 is 1.00 bits per heavy atom. The van der Waals surface area contributed by atoms with Crippen molar-refractivity contribution in [2.24, 2.45) is 17.8 Å². The number of hydrogen-bond acceptors (Lipinski definition) is 18. The van der Waals surface area contributed by atoms with Crippen molar-refractivity contribution in [3.8, 4) is 34.9 Å². The average molecular weight is 1510 g/mol. The van der Waals surface area contributed by atoms with Crippen LogP contribution in [0, 0.1) is 30.9 Å². The molecule has 3 fully saturated rings. The van der Waals surface area contributed by atoms with Crippen LogP contribution in [0.1, 0.15) is 82.7 Å². The van der Waals surface area contributed by atoms with Crippen LogP contribution in [0.4, 0.5) is 11.4 Å². The van der Waals surface area contributed by atoms with Gasteiger partial charge in [0.05, 0.1) is 69.5 Å². The third-order valence-corrected chi connectivity index (χ3v) is 21.9. The summed E-state index contributed by atoms with van der Waals surface area (Å²) in [7, 11) is 7.91. The standard InChI is InChI=1S/2C26H24ClN3O4.C24H21BrClNO5.2CH4/c2*1-28-14-18-21(15-7-5-4-6-8-15)26(16-9-11-17(29-2)12-10-16)25(32,23(18)31)22-19(34-26)13-20(27)30-24(22)33-3;1-31-22-20-17(11-18(26)27-22)32-24(14-7-9-15(25)10-8-14)19(13-5-3-2-4-6-13)16(12-28)21(29)23(20,24)30;;/h2*4-13,18,21,23,28,31-32H,14H2,1,3H3;2-11,16,19,21,28-30H,12H2,1H3;2*1H4/t2*18-,21-,23-,25+,26+;16-,19-,21-,23+,24+;;/m111../s1. The Bertz CT molecular complexity index is 4410. The Balaban J connectivity index is 0.000000152. The lowest BCUT2D eigenvalue weighted by atomic mass is 9.71. The molecule has 6 heterocycles. The predicted molar refractivity (Wildman–Crippen MR) is 390 cm³/mol. The number of nitrogens with one attached hydrogen (secondary N) is 2. The molecule has 0 radical (unpaired) electrons. The molecule has 3 saturated carbocycles. The molecular formula is C78H77BrCl3N7O13. The summed E-state index contributed by atoms with van der Waals surface area (Å²) in [6, 6.07) is 54.7. The maximum atomic E-state index is 12.6. The van der Waals surface area contributed by atoms with E-state index in [9.17, 15) is 35.7 Å². The molecule has 102 heavy (non-hydrogen) atoms. The van der Waals surface area contributed by atoms with Gasteiger partial charge in [-0.2, -0.15) is 0 Å². The zero-order valence-corrected chi connectivity index (χ0v) is 58.3. The van der Waals surface area contributed by atoms with E-state index in [2.05, 4.69) is 51.2 Å². The van der Waals surface area contributed by atoms with E-state index in [1.54, 1.807) is 62.6 Å². The largest absolute Gasteiger partial charge is 0.481 e. The number of halogens is 4. The number of rotatable bonds is 14. The van der Waals surface area contributed by atoms with E-state index in [-0.39, 0.29) is 77.0 Å². The smallest absolute Gasteiger partial charge is 0.224 e. The number of fused-ring (bicyclic) bond motifs is 9. The highest BCUT2D eigenvalue weighted by Gasteiger charge is 2.80. The number of aliphatic hydroxyl groups is 7. The first-order valence-electron chi connectivity index (χ1n) is 32.0. The number of nitrogens with zero attached hydrogens (tertiary/aromatic N) is 5. The maximum absolute atomic E-state index is 12.6. The third-order valence-electron chi connectivity index (χ3n) is 20.8. The summed E-state index contributed by atoms with van der Waals surface area (Å²) in [5.41, 5.74) is -3.94. The quantitative estimate of drug-likeness (QED) is 0.0362. The molecule has 3 aliphatic heterocycles. The fraction of sp³-hybridized carbons (Fsp3) is 0.321. The van der Waals surface area contributed by atoms with Crippen molar-refractivity contribution >= 4 is 62.1 Å². The van der Waals surface area contributed by atoms with Crippen LogP contribution < -0.4 is 39.1 Å². The van der Waals surface area contributed by atoms with Crippen molar-refractivity contribution in [1.82, 2.24) is 25.6 Å². The third kappa shape index (κ3) is 11.0. The predicted octanol–water partition coefficient (Wildman–Crippen LogP) is 12.5. The molecule has 9 aromatic rings. The molecule has 0 amide bonds. The van der Waals surface area contributed by atoms with Gasteiger partial charge >= 0.3 is 0 Å². The second-order valence-corrected chi connectivity index (χ2v) is 27.5. The van der Waals surface area contributed by atoms with Crippen molar-refractivity contribution in [3.63, 3.8) is 0 Å². The van der Waals surface area contributed by atoms with Gasteiger partial charge < -0.3 is 74.8 Å². The summed E-state index contributed by atoms with van der Waals surface area (Å²) in [5, 5.41) is 89.9. The lowest BCUT2D eigenvalue weighted by molar-refractivity contribution is -0.153. The highest BCUT2D eigenvalue weighted by molar-refractivity contribution is 9.10. The summed E-state index contributed by atoms with van der Waals surface area (Å²) in [5.74, 6) is -1.94. The topological polar surface area (TPSA) is 268 Å². The molecule has 0 saturated heterocycles. The van der Waals surface area contributed by atoms with Gasteiger partial charge in [-0.15, -0.1) is 0 Å². The van der Waals surface area contributed by atoms with E-state index < -0.39 is 87.4 Å². The molecule has 3 aliphatic carbocycles. The zero-order chi connectivity index (χ0) is 70.8. The summed E-state index contributed by atoms with van der Waals surface area (Å²) >= 11 is 22.2. The minimum atomic E-state index is -1.97. The van der Waals surface area contributed by atoms with Crippen LogP contribution in [0.2, 0.25) is 15.5 Å². The van der Waals surface area contributed by atoms with Gasteiger partial charge in [0.2, 0.25) is 17.6 Å². The second-order valence-electron chi connectivity index (χ2n) is 25.4. The van der Waals surface area contributed by atoms with Crippen LogP contribution >= 0.6 is 50.7 Å². The normalized spacial score (nSPS) is 29.0. The van der Waals surface area contributed by atoms with Crippen LogP contribution in [0.5, 0.6) is 34.9 Å². The van der Waals surface area contributed by atoms with E-state index in [4.69, 9.17) is 76.4 Å². The van der Waals surface area contributed by atoms with Gasteiger partial charge in [0, 0.05) is 77.9 Å². The number of pyridine rings is 3. The number of ether oxygens (including phenoxy) is 6. The van der Waals surface area contributed by atoms with E-state index >= 15 is 0 Å². The minimum Gasteiger partial charge on any atom is -0.481 e. The fourth-order valence-corrected chi connectivity index (χ4v) is 17.8. The molecule has 6 aromatic carbocycles. The van der Waals surface area contributed by atoms with Crippen LogP contribution in [0.25, 0.3) is 9.69 Å². The molecule has 0 bridgehead atoms. The van der Waals surface area contributed by atoms with Gasteiger partial charge in [0.1, 0.15) is 32.7 Å². The molecule has 530 valence electrons. The van der Waals surface area contributed by atoms with Crippen LogP contribution in [-0.2, 0) is 33.6 Å². The van der Waals surface area contributed by atoms with E-state index in [1.165, 1.54) is 39.5 Å². The number of aliphatic hydroxyl groups excluding tert-OH is 4. The van der Waals surface area contributed by atoms with Gasteiger partial charge in [-0.05, 0) is 59.6 Å².